The van der Waals surface area contributed by atoms with Crippen LogP contribution in [-0.2, 0) is 6.42 Å². The first-order valence-corrected chi connectivity index (χ1v) is 9.53. The van der Waals surface area contributed by atoms with E-state index in [2.05, 4.69) is 89.5 Å². The second-order valence-corrected chi connectivity index (χ2v) is 7.02. The largest absolute Gasteiger partial charge is 0.298 e. The Balaban J connectivity index is 1.37. The predicted molar refractivity (Wildman–Crippen MR) is 108 cm³/mol. The molecule has 132 valence electrons. The van der Waals surface area contributed by atoms with Crippen molar-refractivity contribution in [3.05, 3.63) is 77.9 Å². The SMILES string of the molecule is C[C@H](CCc1ccccc1)N1CCN(C/C=C/c2ccccc2)CC1. The summed E-state index contributed by atoms with van der Waals surface area (Å²) in [4.78, 5) is 5.21. The third-order valence-electron chi connectivity index (χ3n) is 5.20. The van der Waals surface area contributed by atoms with Crippen LogP contribution >= 0.6 is 0 Å². The van der Waals surface area contributed by atoms with Gasteiger partial charge in [-0.3, -0.25) is 9.80 Å². The Morgan fingerprint density at radius 3 is 2.20 bits per heavy atom. The van der Waals surface area contributed by atoms with Crippen LogP contribution in [0.4, 0.5) is 0 Å². The normalized spacial score (nSPS) is 17.8. The van der Waals surface area contributed by atoms with Crippen molar-refractivity contribution in [1.29, 1.82) is 0 Å². The van der Waals surface area contributed by atoms with Crippen molar-refractivity contribution in [3.8, 4) is 0 Å². The van der Waals surface area contributed by atoms with Crippen molar-refractivity contribution < 1.29 is 0 Å². The maximum Gasteiger partial charge on any atom is 0.0167 e. The number of hydrogen-bond donors (Lipinski definition) is 0. The average molecular weight is 335 g/mol. The minimum atomic E-state index is 0.669. The first-order valence-electron chi connectivity index (χ1n) is 9.53. The Kier molecular flexibility index (Phi) is 6.84. The maximum atomic E-state index is 2.65. The Morgan fingerprint density at radius 1 is 0.880 bits per heavy atom. The van der Waals surface area contributed by atoms with Crippen LogP contribution in [-0.4, -0.2) is 48.6 Å². The van der Waals surface area contributed by atoms with Gasteiger partial charge in [-0.1, -0.05) is 72.8 Å². The molecular weight excluding hydrogens is 304 g/mol. The van der Waals surface area contributed by atoms with Crippen LogP contribution in [0.1, 0.15) is 24.5 Å². The molecule has 0 saturated carbocycles. The van der Waals surface area contributed by atoms with E-state index < -0.39 is 0 Å². The molecule has 0 aliphatic carbocycles. The number of hydrogen-bond acceptors (Lipinski definition) is 2. The summed E-state index contributed by atoms with van der Waals surface area (Å²) < 4.78 is 0. The van der Waals surface area contributed by atoms with Crippen LogP contribution < -0.4 is 0 Å². The van der Waals surface area contributed by atoms with E-state index in [4.69, 9.17) is 0 Å². The highest BCUT2D eigenvalue weighted by Crippen LogP contribution is 2.13. The molecule has 0 unspecified atom stereocenters. The first-order chi connectivity index (χ1) is 12.3. The van der Waals surface area contributed by atoms with Crippen LogP contribution in [0.2, 0.25) is 0 Å². The Bertz CT molecular complexity index is 628. The molecule has 1 aliphatic heterocycles. The molecule has 3 rings (SSSR count). The van der Waals surface area contributed by atoms with Crippen LogP contribution in [0, 0.1) is 0 Å². The lowest BCUT2D eigenvalue weighted by molar-refractivity contribution is 0.106. The molecule has 0 radical (unpaired) electrons. The fourth-order valence-electron chi connectivity index (χ4n) is 3.49. The van der Waals surface area contributed by atoms with Gasteiger partial charge in [-0.2, -0.15) is 0 Å². The lowest BCUT2D eigenvalue weighted by atomic mass is 10.0. The van der Waals surface area contributed by atoms with E-state index in [0.717, 1.165) is 6.54 Å². The average Bonchev–Trinajstić information content (AvgIpc) is 2.68. The van der Waals surface area contributed by atoms with Crippen molar-refractivity contribution in [2.45, 2.75) is 25.8 Å². The van der Waals surface area contributed by atoms with Gasteiger partial charge < -0.3 is 0 Å². The third kappa shape index (κ3) is 5.84. The minimum absolute atomic E-state index is 0.669. The van der Waals surface area contributed by atoms with Gasteiger partial charge in [0.15, 0.2) is 0 Å². The van der Waals surface area contributed by atoms with Crippen molar-refractivity contribution >= 4 is 6.08 Å². The minimum Gasteiger partial charge on any atom is -0.298 e. The van der Waals surface area contributed by atoms with Gasteiger partial charge in [-0.25, -0.2) is 0 Å². The molecule has 25 heavy (non-hydrogen) atoms. The number of piperazine rings is 1. The molecule has 0 N–H and O–H groups in total. The Hall–Kier alpha value is -1.90. The Labute approximate surface area is 152 Å². The summed E-state index contributed by atoms with van der Waals surface area (Å²) in [6.45, 7) is 8.17. The summed E-state index contributed by atoms with van der Waals surface area (Å²) in [6, 6.07) is 22.1. The van der Waals surface area contributed by atoms with E-state index >= 15 is 0 Å². The smallest absolute Gasteiger partial charge is 0.0167 e. The number of rotatable bonds is 7. The van der Waals surface area contributed by atoms with Crippen LogP contribution in [0.15, 0.2) is 66.7 Å². The molecule has 2 heteroatoms. The van der Waals surface area contributed by atoms with Gasteiger partial charge in [-0.05, 0) is 30.9 Å². The van der Waals surface area contributed by atoms with Crippen LogP contribution in [0.3, 0.4) is 0 Å². The standard InChI is InChI=1S/C23H30N2/c1-21(14-15-23-11-6-3-7-12-23)25-19-17-24(18-20-25)16-8-13-22-9-4-2-5-10-22/h2-13,21H,14-20H2,1H3/b13-8+/t21-/m1/s1. The third-order valence-corrected chi connectivity index (χ3v) is 5.20. The summed E-state index contributed by atoms with van der Waals surface area (Å²) in [5.41, 5.74) is 2.75. The zero-order valence-corrected chi connectivity index (χ0v) is 15.3. The molecule has 1 heterocycles. The molecule has 2 aromatic rings. The quantitative estimate of drug-likeness (QED) is 0.743. The highest BCUT2D eigenvalue weighted by Gasteiger charge is 2.20. The monoisotopic (exact) mass is 334 g/mol. The molecule has 0 amide bonds. The molecule has 0 spiro atoms. The van der Waals surface area contributed by atoms with Crippen molar-refractivity contribution in [3.63, 3.8) is 0 Å². The Morgan fingerprint density at radius 2 is 1.52 bits per heavy atom. The summed E-state index contributed by atoms with van der Waals surface area (Å²) in [5.74, 6) is 0. The van der Waals surface area contributed by atoms with Gasteiger partial charge in [0.2, 0.25) is 0 Å². The number of aryl methyl sites for hydroxylation is 1. The number of nitrogens with zero attached hydrogens (tertiary/aromatic N) is 2. The maximum absolute atomic E-state index is 2.65. The van der Waals surface area contributed by atoms with Gasteiger partial charge in [0.1, 0.15) is 0 Å². The topological polar surface area (TPSA) is 6.48 Å². The van der Waals surface area contributed by atoms with Crippen molar-refractivity contribution in [2.24, 2.45) is 0 Å². The van der Waals surface area contributed by atoms with Gasteiger partial charge in [-0.15, -0.1) is 0 Å². The molecular formula is C23H30N2. The van der Waals surface area contributed by atoms with E-state index in [1.165, 1.54) is 50.1 Å². The molecule has 1 fully saturated rings. The second-order valence-electron chi connectivity index (χ2n) is 7.02. The molecule has 2 nitrogen and oxygen atoms in total. The zero-order chi connectivity index (χ0) is 17.3. The van der Waals surface area contributed by atoms with Gasteiger partial charge in [0.25, 0.3) is 0 Å². The van der Waals surface area contributed by atoms with Gasteiger partial charge >= 0.3 is 0 Å². The zero-order valence-electron chi connectivity index (χ0n) is 15.3. The molecule has 0 bridgehead atoms. The molecule has 1 aliphatic rings. The van der Waals surface area contributed by atoms with E-state index in [9.17, 15) is 0 Å². The highest BCUT2D eigenvalue weighted by molar-refractivity contribution is 5.48. The summed E-state index contributed by atoms with van der Waals surface area (Å²) in [6.07, 6.45) is 6.96. The molecule has 0 aromatic heterocycles. The van der Waals surface area contributed by atoms with Crippen molar-refractivity contribution in [2.75, 3.05) is 32.7 Å². The molecule has 1 atom stereocenters. The summed E-state index contributed by atoms with van der Waals surface area (Å²) in [5, 5.41) is 0. The van der Waals surface area contributed by atoms with Crippen LogP contribution in [0.5, 0.6) is 0 Å². The van der Waals surface area contributed by atoms with Crippen molar-refractivity contribution in [1.82, 2.24) is 9.80 Å². The molecule has 2 aromatic carbocycles. The van der Waals surface area contributed by atoms with E-state index in [1.807, 2.05) is 0 Å². The second kappa shape index (κ2) is 9.55. The lowest BCUT2D eigenvalue weighted by Crippen LogP contribution is -2.49. The van der Waals surface area contributed by atoms with Gasteiger partial charge in [0, 0.05) is 38.8 Å². The van der Waals surface area contributed by atoms with E-state index in [-0.39, 0.29) is 0 Å². The first kappa shape index (κ1) is 17.9. The predicted octanol–water partition coefficient (Wildman–Crippen LogP) is 4.34. The lowest BCUT2D eigenvalue weighted by Gasteiger charge is -2.37. The fourth-order valence-corrected chi connectivity index (χ4v) is 3.49. The van der Waals surface area contributed by atoms with E-state index in [1.54, 1.807) is 0 Å². The van der Waals surface area contributed by atoms with Gasteiger partial charge in [0.05, 0.1) is 0 Å². The summed E-state index contributed by atoms with van der Waals surface area (Å²) in [7, 11) is 0. The van der Waals surface area contributed by atoms with E-state index in [0.29, 0.717) is 6.04 Å². The number of benzene rings is 2. The molecule has 1 saturated heterocycles. The van der Waals surface area contributed by atoms with Crippen LogP contribution in [0.25, 0.3) is 6.08 Å². The fraction of sp³-hybridized carbons (Fsp3) is 0.391. The summed E-state index contributed by atoms with van der Waals surface area (Å²) >= 11 is 0. The highest BCUT2D eigenvalue weighted by atomic mass is 15.3.